The van der Waals surface area contributed by atoms with Crippen molar-refractivity contribution in [3.05, 3.63) is 35.9 Å². The molecule has 0 radical (unpaired) electrons. The van der Waals surface area contributed by atoms with E-state index < -0.39 is 23.3 Å². The van der Waals surface area contributed by atoms with E-state index in [0.29, 0.717) is 25.9 Å². The molecule has 3 amide bonds. The predicted molar refractivity (Wildman–Crippen MR) is 78.1 cm³/mol. The minimum Gasteiger partial charge on any atom is -0.445 e. The number of hydrogen-bond donors (Lipinski definition) is 1. The normalized spacial score (nSPS) is 20.2. The van der Waals surface area contributed by atoms with Gasteiger partial charge in [0.1, 0.15) is 6.61 Å². The zero-order valence-electron chi connectivity index (χ0n) is 12.6. The average molecular weight is 318 g/mol. The lowest BCUT2D eigenvalue weighted by Crippen LogP contribution is -2.46. The molecular weight excluding hydrogens is 300 g/mol. The maximum atomic E-state index is 12.1. The van der Waals surface area contributed by atoms with Gasteiger partial charge in [-0.1, -0.05) is 30.3 Å². The van der Waals surface area contributed by atoms with Crippen molar-refractivity contribution < 1.29 is 24.3 Å². The third-order valence-electron chi connectivity index (χ3n) is 4.56. The Kier molecular flexibility index (Phi) is 4.04. The van der Waals surface area contributed by atoms with Crippen molar-refractivity contribution in [2.24, 2.45) is 5.41 Å². The van der Waals surface area contributed by atoms with Crippen LogP contribution in [0.5, 0.6) is 0 Å². The number of benzene rings is 1. The van der Waals surface area contributed by atoms with Gasteiger partial charge in [-0.3, -0.25) is 14.8 Å². The van der Waals surface area contributed by atoms with E-state index in [4.69, 9.17) is 4.74 Å². The number of carbonyl (C=O) groups is 3. The summed E-state index contributed by atoms with van der Waals surface area (Å²) < 4.78 is 5.26. The number of hydrogen-bond acceptors (Lipinski definition) is 5. The van der Waals surface area contributed by atoms with Crippen LogP contribution < -0.4 is 0 Å². The highest BCUT2D eigenvalue weighted by molar-refractivity contribution is 6.04. The summed E-state index contributed by atoms with van der Waals surface area (Å²) in [5, 5.41) is 9.61. The van der Waals surface area contributed by atoms with E-state index in [9.17, 15) is 19.6 Å². The molecule has 2 fully saturated rings. The molecule has 1 spiro atoms. The number of amides is 3. The second-order valence-electron chi connectivity index (χ2n) is 6.00. The Bertz CT molecular complexity index is 623. The number of nitrogens with zero attached hydrogens (tertiary/aromatic N) is 2. The van der Waals surface area contributed by atoms with Crippen LogP contribution in [-0.2, 0) is 20.9 Å². The van der Waals surface area contributed by atoms with Gasteiger partial charge in [-0.05, 0) is 18.4 Å². The Morgan fingerprint density at radius 2 is 1.83 bits per heavy atom. The first-order valence-electron chi connectivity index (χ1n) is 7.54. The van der Waals surface area contributed by atoms with E-state index in [0.717, 1.165) is 5.56 Å². The first-order chi connectivity index (χ1) is 11.0. The molecular formula is C16H18N2O5. The first kappa shape index (κ1) is 15.5. The number of imide groups is 1. The van der Waals surface area contributed by atoms with Gasteiger partial charge in [0.25, 0.3) is 11.8 Å². The molecule has 0 aromatic heterocycles. The molecule has 0 saturated carbocycles. The van der Waals surface area contributed by atoms with Gasteiger partial charge in [0.2, 0.25) is 0 Å². The smallest absolute Gasteiger partial charge is 0.410 e. The van der Waals surface area contributed by atoms with Crippen LogP contribution in [0.3, 0.4) is 0 Å². The molecule has 23 heavy (non-hydrogen) atoms. The summed E-state index contributed by atoms with van der Waals surface area (Å²) in [5.41, 5.74) is 0.0454. The van der Waals surface area contributed by atoms with E-state index >= 15 is 0 Å². The minimum atomic E-state index is -0.859. The number of carbonyl (C=O) groups excluding carboxylic acids is 3. The molecule has 1 aromatic rings. The van der Waals surface area contributed by atoms with Gasteiger partial charge >= 0.3 is 6.09 Å². The highest BCUT2D eigenvalue weighted by atomic mass is 16.6. The fourth-order valence-corrected chi connectivity index (χ4v) is 3.10. The number of hydroxylamine groups is 2. The SMILES string of the molecule is O=C(OCc1ccccc1)N1CCC2(CC1)CC(=O)N(O)C2=O. The molecule has 122 valence electrons. The van der Waals surface area contributed by atoms with Gasteiger partial charge in [0.15, 0.2) is 0 Å². The Hall–Kier alpha value is -2.41. The van der Waals surface area contributed by atoms with E-state index in [1.165, 1.54) is 4.90 Å². The van der Waals surface area contributed by atoms with E-state index in [-0.39, 0.29) is 18.1 Å². The molecule has 0 atom stereocenters. The molecule has 7 heteroatoms. The predicted octanol–water partition coefficient (Wildman–Crippen LogP) is 1.55. The fourth-order valence-electron chi connectivity index (χ4n) is 3.10. The molecule has 0 bridgehead atoms. The van der Waals surface area contributed by atoms with Crippen LogP contribution in [0.4, 0.5) is 4.79 Å². The van der Waals surface area contributed by atoms with Crippen molar-refractivity contribution in [2.75, 3.05) is 13.1 Å². The average Bonchev–Trinajstić information content (AvgIpc) is 2.78. The largest absolute Gasteiger partial charge is 0.445 e. The second-order valence-corrected chi connectivity index (χ2v) is 6.00. The van der Waals surface area contributed by atoms with Gasteiger partial charge in [0.05, 0.1) is 5.41 Å². The summed E-state index contributed by atoms with van der Waals surface area (Å²) >= 11 is 0. The van der Waals surface area contributed by atoms with Crippen LogP contribution in [-0.4, -0.2) is 46.2 Å². The number of ether oxygens (including phenoxy) is 1. The molecule has 0 aliphatic carbocycles. The standard InChI is InChI=1S/C16H18N2O5/c19-13-10-16(14(20)18(13)22)6-8-17(9-7-16)15(21)23-11-12-4-2-1-3-5-12/h1-5,22H,6-11H2. The van der Waals surface area contributed by atoms with Crippen LogP contribution >= 0.6 is 0 Å². The van der Waals surface area contributed by atoms with Crippen molar-refractivity contribution in [1.82, 2.24) is 9.96 Å². The van der Waals surface area contributed by atoms with Gasteiger partial charge in [-0.15, -0.1) is 0 Å². The number of piperidine rings is 1. The summed E-state index contributed by atoms with van der Waals surface area (Å²) in [6, 6.07) is 9.38. The van der Waals surface area contributed by atoms with Crippen molar-refractivity contribution in [3.63, 3.8) is 0 Å². The summed E-state index contributed by atoms with van der Waals surface area (Å²) in [6.45, 7) is 0.865. The van der Waals surface area contributed by atoms with E-state index in [2.05, 4.69) is 0 Å². The molecule has 1 aromatic carbocycles. The van der Waals surface area contributed by atoms with Crippen LogP contribution in [0.1, 0.15) is 24.8 Å². The molecule has 3 rings (SSSR count). The number of rotatable bonds is 2. The maximum Gasteiger partial charge on any atom is 0.410 e. The molecule has 0 unspecified atom stereocenters. The highest BCUT2D eigenvalue weighted by Crippen LogP contribution is 2.41. The molecule has 7 nitrogen and oxygen atoms in total. The molecule has 2 heterocycles. The minimum absolute atomic E-state index is 0.00916. The lowest BCUT2D eigenvalue weighted by molar-refractivity contribution is -0.175. The third-order valence-corrected chi connectivity index (χ3v) is 4.56. The molecule has 2 aliphatic rings. The maximum absolute atomic E-state index is 12.1. The summed E-state index contributed by atoms with van der Waals surface area (Å²) in [6.07, 6.45) is 0.292. The van der Waals surface area contributed by atoms with Crippen molar-refractivity contribution in [2.45, 2.75) is 25.9 Å². The zero-order valence-corrected chi connectivity index (χ0v) is 12.6. The molecule has 2 aliphatic heterocycles. The first-order valence-corrected chi connectivity index (χ1v) is 7.54. The fraction of sp³-hybridized carbons (Fsp3) is 0.438. The van der Waals surface area contributed by atoms with Gasteiger partial charge in [-0.25, -0.2) is 4.79 Å². The van der Waals surface area contributed by atoms with E-state index in [1.807, 2.05) is 30.3 Å². The lowest BCUT2D eigenvalue weighted by atomic mass is 9.77. The van der Waals surface area contributed by atoms with Gasteiger partial charge in [-0.2, -0.15) is 5.06 Å². The second kappa shape index (κ2) is 6.00. The lowest BCUT2D eigenvalue weighted by Gasteiger charge is -2.36. The van der Waals surface area contributed by atoms with Gasteiger partial charge < -0.3 is 9.64 Å². The van der Waals surface area contributed by atoms with Crippen LogP contribution in [0.15, 0.2) is 30.3 Å². The number of likely N-dealkylation sites (tertiary alicyclic amines) is 1. The van der Waals surface area contributed by atoms with Crippen LogP contribution in [0.25, 0.3) is 0 Å². The summed E-state index contributed by atoms with van der Waals surface area (Å²) in [7, 11) is 0. The Morgan fingerprint density at radius 1 is 1.17 bits per heavy atom. The Morgan fingerprint density at radius 3 is 2.39 bits per heavy atom. The topological polar surface area (TPSA) is 87.2 Å². The van der Waals surface area contributed by atoms with Crippen LogP contribution in [0.2, 0.25) is 0 Å². The van der Waals surface area contributed by atoms with Crippen LogP contribution in [0, 0.1) is 5.41 Å². The summed E-state index contributed by atoms with van der Waals surface area (Å²) in [4.78, 5) is 37.1. The van der Waals surface area contributed by atoms with Crippen molar-refractivity contribution >= 4 is 17.9 Å². The Labute approximate surface area is 133 Å². The highest BCUT2D eigenvalue weighted by Gasteiger charge is 2.53. The third kappa shape index (κ3) is 2.92. The molecule has 2 saturated heterocycles. The zero-order chi connectivity index (χ0) is 16.4. The quantitative estimate of drug-likeness (QED) is 0.660. The monoisotopic (exact) mass is 318 g/mol. The van der Waals surface area contributed by atoms with Gasteiger partial charge in [0, 0.05) is 19.5 Å². The summed E-state index contributed by atoms with van der Waals surface area (Å²) in [5.74, 6) is -1.13. The van der Waals surface area contributed by atoms with Crippen molar-refractivity contribution in [1.29, 1.82) is 0 Å². The Balaban J connectivity index is 1.54. The molecule has 1 N–H and O–H groups in total. The van der Waals surface area contributed by atoms with E-state index in [1.54, 1.807) is 0 Å². The van der Waals surface area contributed by atoms with Crippen molar-refractivity contribution in [3.8, 4) is 0 Å².